The fraction of sp³-hybridized carbons (Fsp3) is 0.444. The molecule has 1 saturated heterocycles. The number of piperidine rings is 1. The maximum atomic E-state index is 10.1. The highest BCUT2D eigenvalue weighted by atomic mass is 32.2. The molecule has 2 heterocycles. The molecule has 1 aromatic carbocycles. The van der Waals surface area contributed by atoms with Crippen LogP contribution in [-0.4, -0.2) is 45.5 Å². The van der Waals surface area contributed by atoms with Crippen molar-refractivity contribution in [2.75, 3.05) is 30.3 Å². The van der Waals surface area contributed by atoms with E-state index >= 15 is 0 Å². The first-order valence-corrected chi connectivity index (χ1v) is 9.37. The molecule has 3 rings (SSSR count). The van der Waals surface area contributed by atoms with Gasteiger partial charge < -0.3 is 20.8 Å². The van der Waals surface area contributed by atoms with Gasteiger partial charge in [0.2, 0.25) is 0 Å². The summed E-state index contributed by atoms with van der Waals surface area (Å²) in [6, 6.07) is 10.2. The predicted octanol–water partition coefficient (Wildman–Crippen LogP) is 1.98. The average Bonchev–Trinajstić information content (AvgIpc) is 2.61. The van der Waals surface area contributed by atoms with Crippen LogP contribution in [0, 0.1) is 6.92 Å². The van der Waals surface area contributed by atoms with Crippen molar-refractivity contribution >= 4 is 23.4 Å². The molecule has 134 valence electrons. The maximum Gasteiger partial charge on any atom is 0.191 e. The number of nitrogens with two attached hydrogens (primary N) is 1. The van der Waals surface area contributed by atoms with E-state index in [0.29, 0.717) is 36.9 Å². The van der Waals surface area contributed by atoms with Crippen LogP contribution in [0.4, 0.5) is 11.6 Å². The molecule has 0 saturated carbocycles. The molecule has 0 amide bonds. The largest absolute Gasteiger partial charge is 0.393 e. The average molecular weight is 360 g/mol. The molecule has 6 nitrogen and oxygen atoms in total. The van der Waals surface area contributed by atoms with Gasteiger partial charge in [0.1, 0.15) is 11.6 Å². The highest BCUT2D eigenvalue weighted by molar-refractivity contribution is 7.98. The van der Waals surface area contributed by atoms with Crippen LogP contribution in [0.1, 0.15) is 24.0 Å². The van der Waals surface area contributed by atoms with Crippen molar-refractivity contribution < 1.29 is 10.2 Å². The number of aliphatic hydroxyl groups is 2. The molecule has 0 bridgehead atoms. The third-order valence-corrected chi connectivity index (χ3v) is 5.43. The Morgan fingerprint density at radius 3 is 2.52 bits per heavy atom. The lowest BCUT2D eigenvalue weighted by Crippen LogP contribution is -2.46. The number of aromatic nitrogens is 2. The first kappa shape index (κ1) is 18.0. The number of nitrogens with zero attached hydrogens (tertiary/aromatic N) is 3. The molecule has 1 aliphatic heterocycles. The van der Waals surface area contributed by atoms with Gasteiger partial charge in [0.15, 0.2) is 5.16 Å². The van der Waals surface area contributed by atoms with Gasteiger partial charge in [-0.15, -0.1) is 0 Å². The van der Waals surface area contributed by atoms with Gasteiger partial charge in [0, 0.05) is 24.9 Å². The molecule has 0 aliphatic carbocycles. The number of thioether (sulfide) groups is 1. The van der Waals surface area contributed by atoms with Crippen LogP contribution in [0.25, 0.3) is 0 Å². The Bertz CT molecular complexity index is 716. The van der Waals surface area contributed by atoms with E-state index in [9.17, 15) is 10.2 Å². The summed E-state index contributed by atoms with van der Waals surface area (Å²) in [6.45, 7) is 3.14. The fourth-order valence-corrected chi connectivity index (χ4v) is 3.62. The van der Waals surface area contributed by atoms with Crippen LogP contribution in [0.2, 0.25) is 0 Å². The van der Waals surface area contributed by atoms with Crippen molar-refractivity contribution in [3.8, 4) is 0 Å². The topological polar surface area (TPSA) is 95.5 Å². The van der Waals surface area contributed by atoms with Gasteiger partial charge in [-0.1, -0.05) is 41.6 Å². The first-order valence-electron chi connectivity index (χ1n) is 8.38. The molecular weight excluding hydrogens is 336 g/mol. The highest BCUT2D eigenvalue weighted by Gasteiger charge is 2.32. The van der Waals surface area contributed by atoms with E-state index in [0.717, 1.165) is 11.6 Å². The van der Waals surface area contributed by atoms with Gasteiger partial charge in [-0.05, 0) is 25.3 Å². The zero-order chi connectivity index (χ0) is 17.9. The molecule has 2 aromatic rings. The quantitative estimate of drug-likeness (QED) is 0.554. The number of anilines is 2. The zero-order valence-corrected chi connectivity index (χ0v) is 15.2. The van der Waals surface area contributed by atoms with Gasteiger partial charge >= 0.3 is 0 Å². The number of nitrogen functional groups attached to an aromatic ring is 1. The van der Waals surface area contributed by atoms with Gasteiger partial charge in [-0.25, -0.2) is 9.97 Å². The molecule has 1 aliphatic rings. The summed E-state index contributed by atoms with van der Waals surface area (Å²) in [4.78, 5) is 11.0. The Labute approximate surface area is 152 Å². The molecule has 7 heteroatoms. The first-order chi connectivity index (χ1) is 12.0. The van der Waals surface area contributed by atoms with Crippen LogP contribution >= 0.6 is 11.8 Å². The van der Waals surface area contributed by atoms with Crippen molar-refractivity contribution in [1.29, 1.82) is 0 Å². The van der Waals surface area contributed by atoms with Crippen molar-refractivity contribution in [3.05, 3.63) is 41.5 Å². The van der Waals surface area contributed by atoms with Gasteiger partial charge in [-0.3, -0.25) is 0 Å². The Balaban J connectivity index is 1.67. The Morgan fingerprint density at radius 1 is 1.20 bits per heavy atom. The summed E-state index contributed by atoms with van der Waals surface area (Å²) in [7, 11) is 0. The maximum absolute atomic E-state index is 10.1. The van der Waals surface area contributed by atoms with E-state index < -0.39 is 5.60 Å². The molecule has 0 radical (unpaired) electrons. The lowest BCUT2D eigenvalue weighted by molar-refractivity contribution is -0.0326. The molecule has 4 N–H and O–H groups in total. The molecule has 0 atom stereocenters. The standard InChI is InChI=1S/C18H24N4O2S/c1-13-2-4-14(5-3-13)11-25-17-20-15(19)10-16(21-17)22-8-6-18(24,12-23)7-9-22/h2-5,10,23-24H,6-9,11-12H2,1H3,(H2,19,20,21). The van der Waals surface area contributed by atoms with E-state index in [2.05, 4.69) is 46.1 Å². The van der Waals surface area contributed by atoms with Crippen LogP contribution in [0.3, 0.4) is 0 Å². The van der Waals surface area contributed by atoms with E-state index in [-0.39, 0.29) is 6.61 Å². The van der Waals surface area contributed by atoms with Gasteiger partial charge in [0.05, 0.1) is 12.2 Å². The van der Waals surface area contributed by atoms with Crippen LogP contribution in [-0.2, 0) is 5.75 Å². The minimum atomic E-state index is -0.974. The third kappa shape index (κ3) is 4.62. The summed E-state index contributed by atoms with van der Waals surface area (Å²) in [5, 5.41) is 20.1. The summed E-state index contributed by atoms with van der Waals surface area (Å²) in [6.07, 6.45) is 1.03. The molecule has 25 heavy (non-hydrogen) atoms. The summed E-state index contributed by atoms with van der Waals surface area (Å²) in [5.41, 5.74) is 7.44. The van der Waals surface area contributed by atoms with E-state index in [1.54, 1.807) is 17.8 Å². The number of rotatable bonds is 5. The highest BCUT2D eigenvalue weighted by Crippen LogP contribution is 2.28. The zero-order valence-electron chi connectivity index (χ0n) is 14.4. The van der Waals surface area contributed by atoms with Crippen LogP contribution in [0.5, 0.6) is 0 Å². The smallest absolute Gasteiger partial charge is 0.191 e. The molecule has 1 aromatic heterocycles. The van der Waals surface area contributed by atoms with Crippen molar-refractivity contribution in [2.45, 2.75) is 36.3 Å². The monoisotopic (exact) mass is 360 g/mol. The molecule has 1 fully saturated rings. The van der Waals surface area contributed by atoms with E-state index in [1.807, 2.05) is 0 Å². The second kappa shape index (κ2) is 7.59. The summed E-state index contributed by atoms with van der Waals surface area (Å²) in [5.74, 6) is 2.01. The third-order valence-electron chi connectivity index (χ3n) is 4.51. The van der Waals surface area contributed by atoms with Crippen LogP contribution < -0.4 is 10.6 Å². The SMILES string of the molecule is Cc1ccc(CSc2nc(N)cc(N3CCC(O)(CO)CC3)n2)cc1. The summed E-state index contributed by atoms with van der Waals surface area (Å²) < 4.78 is 0. The van der Waals surface area contributed by atoms with E-state index in [4.69, 9.17) is 5.73 Å². The van der Waals surface area contributed by atoms with E-state index in [1.165, 1.54) is 11.1 Å². The minimum absolute atomic E-state index is 0.204. The minimum Gasteiger partial charge on any atom is -0.393 e. The number of benzene rings is 1. The summed E-state index contributed by atoms with van der Waals surface area (Å²) >= 11 is 1.56. The fourth-order valence-electron chi connectivity index (χ4n) is 2.80. The van der Waals surface area contributed by atoms with Gasteiger partial charge in [-0.2, -0.15) is 0 Å². The molecule has 0 spiro atoms. The second-order valence-corrected chi connectivity index (χ2v) is 7.52. The lowest BCUT2D eigenvalue weighted by atomic mass is 9.92. The number of hydrogen-bond donors (Lipinski definition) is 3. The van der Waals surface area contributed by atoms with Crippen molar-refractivity contribution in [1.82, 2.24) is 9.97 Å². The Kier molecular flexibility index (Phi) is 5.46. The molecule has 0 unspecified atom stereocenters. The second-order valence-electron chi connectivity index (χ2n) is 6.58. The van der Waals surface area contributed by atoms with Gasteiger partial charge in [0.25, 0.3) is 0 Å². The Hall–Kier alpha value is -1.83. The van der Waals surface area contributed by atoms with Crippen molar-refractivity contribution in [2.24, 2.45) is 0 Å². The number of aryl methyl sites for hydroxylation is 1. The lowest BCUT2D eigenvalue weighted by Gasteiger charge is -2.37. The molecular formula is C18H24N4O2S. The number of aliphatic hydroxyl groups excluding tert-OH is 1. The Morgan fingerprint density at radius 2 is 1.88 bits per heavy atom. The van der Waals surface area contributed by atoms with Crippen LogP contribution in [0.15, 0.2) is 35.5 Å². The normalized spacial score (nSPS) is 16.8. The number of hydrogen-bond acceptors (Lipinski definition) is 7. The predicted molar refractivity (Wildman–Crippen MR) is 101 cm³/mol. The van der Waals surface area contributed by atoms with Crippen molar-refractivity contribution in [3.63, 3.8) is 0 Å².